The third-order valence-corrected chi connectivity index (χ3v) is 5.09. The quantitative estimate of drug-likeness (QED) is 0.517. The molecule has 0 fully saturated rings. The molecule has 0 saturated carbocycles. The zero-order chi connectivity index (χ0) is 20.7. The highest BCUT2D eigenvalue weighted by molar-refractivity contribution is 6.33. The number of hydrogen-bond donors (Lipinski definition) is 1. The van der Waals surface area contributed by atoms with Crippen LogP contribution in [0.2, 0.25) is 5.02 Å². The second-order valence-electron chi connectivity index (χ2n) is 6.70. The lowest BCUT2D eigenvalue weighted by Crippen LogP contribution is -2.00. The number of nitrogens with zero attached hydrogens (tertiary/aromatic N) is 4. The summed E-state index contributed by atoms with van der Waals surface area (Å²) < 4.78 is 21.6. The van der Waals surface area contributed by atoms with Crippen LogP contribution in [-0.4, -0.2) is 30.6 Å². The first-order valence-corrected chi connectivity index (χ1v) is 9.20. The average molecular weight is 415 g/mol. The molecule has 0 saturated heterocycles. The van der Waals surface area contributed by atoms with Crippen LogP contribution in [0.15, 0.2) is 35.0 Å². The van der Waals surface area contributed by atoms with Gasteiger partial charge < -0.3 is 14.0 Å². The molecule has 0 aliphatic carbocycles. The van der Waals surface area contributed by atoms with E-state index in [1.165, 1.54) is 12.1 Å². The molecule has 148 valence electrons. The highest BCUT2D eigenvalue weighted by Crippen LogP contribution is 2.31. The Morgan fingerprint density at radius 2 is 2.07 bits per heavy atom. The molecule has 0 bridgehead atoms. The van der Waals surface area contributed by atoms with Crippen molar-refractivity contribution in [1.29, 1.82) is 0 Å². The molecule has 0 atom stereocenters. The van der Waals surface area contributed by atoms with Crippen molar-refractivity contribution in [2.45, 2.75) is 26.7 Å². The second-order valence-corrected chi connectivity index (χ2v) is 7.10. The van der Waals surface area contributed by atoms with Crippen molar-refractivity contribution in [3.8, 4) is 23.0 Å². The predicted molar refractivity (Wildman–Crippen MR) is 104 cm³/mol. The Bertz CT molecular complexity index is 1250. The van der Waals surface area contributed by atoms with Crippen molar-refractivity contribution in [3.05, 3.63) is 58.1 Å². The lowest BCUT2D eigenvalue weighted by Gasteiger charge is -2.05. The predicted octanol–water partition coefficient (Wildman–Crippen LogP) is 4.48. The van der Waals surface area contributed by atoms with Crippen LogP contribution in [0.4, 0.5) is 4.39 Å². The molecule has 0 radical (unpaired) electrons. The van der Waals surface area contributed by atoms with Crippen LogP contribution in [0, 0.1) is 19.7 Å². The molecular weight excluding hydrogens is 399 g/mol. The lowest BCUT2D eigenvalue weighted by atomic mass is 10.1. The normalized spacial score (nSPS) is 11.3. The van der Waals surface area contributed by atoms with Crippen molar-refractivity contribution < 1.29 is 18.8 Å². The Balaban J connectivity index is 1.68. The Hall–Kier alpha value is -3.26. The van der Waals surface area contributed by atoms with Crippen molar-refractivity contribution in [1.82, 2.24) is 19.5 Å². The molecule has 4 aromatic rings. The van der Waals surface area contributed by atoms with Crippen LogP contribution in [-0.2, 0) is 11.2 Å². The monoisotopic (exact) mass is 414 g/mol. The van der Waals surface area contributed by atoms with Gasteiger partial charge in [0.05, 0.1) is 5.02 Å². The number of benzene rings is 1. The molecule has 0 aliphatic heterocycles. The first kappa shape index (κ1) is 19.1. The number of fused-ring (bicyclic) bond motifs is 1. The summed E-state index contributed by atoms with van der Waals surface area (Å²) in [6, 6.07) is 6.45. The average Bonchev–Trinajstić information content (AvgIpc) is 3.32. The maximum absolute atomic E-state index is 14.4. The van der Waals surface area contributed by atoms with E-state index in [-0.39, 0.29) is 40.7 Å². The molecule has 29 heavy (non-hydrogen) atoms. The second kappa shape index (κ2) is 7.29. The number of imidazole rings is 1. The van der Waals surface area contributed by atoms with Gasteiger partial charge in [0.1, 0.15) is 17.2 Å². The summed E-state index contributed by atoms with van der Waals surface area (Å²) in [5, 5.41) is 12.9. The van der Waals surface area contributed by atoms with Gasteiger partial charge in [-0.25, -0.2) is 9.37 Å². The van der Waals surface area contributed by atoms with E-state index in [0.717, 1.165) is 16.9 Å². The third kappa shape index (κ3) is 3.58. The van der Waals surface area contributed by atoms with E-state index < -0.39 is 11.8 Å². The molecular formula is C20H16ClFN4O3. The Kier molecular flexibility index (Phi) is 4.79. The number of aliphatic carboxylic acids is 1. The lowest BCUT2D eigenvalue weighted by molar-refractivity contribution is -0.136. The molecule has 3 heterocycles. The molecule has 7 nitrogen and oxygen atoms in total. The summed E-state index contributed by atoms with van der Waals surface area (Å²) in [6.45, 7) is 4.00. The molecule has 0 amide bonds. The smallest absolute Gasteiger partial charge is 0.303 e. The topological polar surface area (TPSA) is 93.5 Å². The van der Waals surface area contributed by atoms with E-state index in [9.17, 15) is 9.18 Å². The van der Waals surface area contributed by atoms with E-state index in [0.29, 0.717) is 5.69 Å². The van der Waals surface area contributed by atoms with Gasteiger partial charge in [-0.3, -0.25) is 4.79 Å². The van der Waals surface area contributed by atoms with Crippen LogP contribution in [0.1, 0.15) is 23.2 Å². The summed E-state index contributed by atoms with van der Waals surface area (Å²) in [7, 11) is 0. The van der Waals surface area contributed by atoms with Crippen molar-refractivity contribution in [2.75, 3.05) is 0 Å². The van der Waals surface area contributed by atoms with Gasteiger partial charge in [0.25, 0.3) is 5.89 Å². The zero-order valence-electron chi connectivity index (χ0n) is 15.6. The van der Waals surface area contributed by atoms with Gasteiger partial charge in [-0.2, -0.15) is 4.98 Å². The minimum absolute atomic E-state index is 0.0404. The summed E-state index contributed by atoms with van der Waals surface area (Å²) in [5.74, 6) is -1.27. The summed E-state index contributed by atoms with van der Waals surface area (Å²) in [6.07, 6.45) is 1.65. The number of aryl methyl sites for hydroxylation is 3. The van der Waals surface area contributed by atoms with Crippen molar-refractivity contribution in [2.24, 2.45) is 0 Å². The standard InChI is InChI=1S/C20H16ClFN4O3/c1-10-3-5-17-23-16(9-26(17)11(10)2)20-24-19(25-29-20)13-8-15(22)12(7-14(13)21)4-6-18(27)28/h3,5,7-9H,4,6H2,1-2H3,(H,27,28). The molecule has 1 N–H and O–H groups in total. The molecule has 9 heteroatoms. The van der Waals surface area contributed by atoms with Crippen LogP contribution in [0.3, 0.4) is 0 Å². The van der Waals surface area contributed by atoms with E-state index in [1.54, 1.807) is 6.20 Å². The van der Waals surface area contributed by atoms with Crippen LogP contribution in [0.25, 0.3) is 28.6 Å². The van der Waals surface area contributed by atoms with Crippen molar-refractivity contribution in [3.63, 3.8) is 0 Å². The van der Waals surface area contributed by atoms with Crippen molar-refractivity contribution >= 4 is 23.2 Å². The summed E-state index contributed by atoms with van der Waals surface area (Å²) in [5.41, 5.74) is 3.88. The fourth-order valence-electron chi connectivity index (χ4n) is 3.02. The van der Waals surface area contributed by atoms with E-state index >= 15 is 0 Å². The zero-order valence-corrected chi connectivity index (χ0v) is 16.4. The number of aromatic nitrogens is 4. The van der Waals surface area contributed by atoms with E-state index in [4.69, 9.17) is 21.2 Å². The molecule has 1 aromatic carbocycles. The molecule has 4 rings (SSSR count). The third-order valence-electron chi connectivity index (χ3n) is 4.78. The number of carboxylic acid groups (broad SMARTS) is 1. The largest absolute Gasteiger partial charge is 0.481 e. The SMILES string of the molecule is Cc1ccc2nc(-c3nc(-c4cc(F)c(CCC(=O)O)cc4Cl)no3)cn2c1C. The number of carboxylic acids is 1. The first-order valence-electron chi connectivity index (χ1n) is 8.83. The fourth-order valence-corrected chi connectivity index (χ4v) is 3.29. The van der Waals surface area contributed by atoms with Gasteiger partial charge in [0.15, 0.2) is 0 Å². The minimum atomic E-state index is -1.01. The maximum Gasteiger partial charge on any atom is 0.303 e. The van der Waals surface area contributed by atoms with Gasteiger partial charge in [0, 0.05) is 23.9 Å². The molecule has 3 aromatic heterocycles. The first-order chi connectivity index (χ1) is 13.8. The highest BCUT2D eigenvalue weighted by atomic mass is 35.5. The minimum Gasteiger partial charge on any atom is -0.481 e. The summed E-state index contributed by atoms with van der Waals surface area (Å²) >= 11 is 6.25. The number of rotatable bonds is 5. The number of carbonyl (C=O) groups is 1. The number of halogens is 2. The van der Waals surface area contributed by atoms with Crippen LogP contribution in [0.5, 0.6) is 0 Å². The van der Waals surface area contributed by atoms with Gasteiger partial charge in [0.2, 0.25) is 5.82 Å². The highest BCUT2D eigenvalue weighted by Gasteiger charge is 2.18. The molecule has 0 aliphatic rings. The Labute approximate surface area is 169 Å². The number of hydrogen-bond acceptors (Lipinski definition) is 5. The molecule has 0 unspecified atom stereocenters. The van der Waals surface area contributed by atoms with Gasteiger partial charge in [-0.1, -0.05) is 22.8 Å². The Morgan fingerprint density at radius 1 is 1.28 bits per heavy atom. The van der Waals surface area contributed by atoms with Gasteiger partial charge in [-0.05, 0) is 49.6 Å². The summed E-state index contributed by atoms with van der Waals surface area (Å²) in [4.78, 5) is 19.5. The fraction of sp³-hybridized carbons (Fsp3) is 0.200. The maximum atomic E-state index is 14.4. The van der Waals surface area contributed by atoms with Crippen LogP contribution >= 0.6 is 11.6 Å². The molecule has 0 spiro atoms. The Morgan fingerprint density at radius 3 is 2.83 bits per heavy atom. The van der Waals surface area contributed by atoms with Gasteiger partial charge in [-0.15, -0.1) is 0 Å². The van der Waals surface area contributed by atoms with E-state index in [2.05, 4.69) is 15.1 Å². The van der Waals surface area contributed by atoms with E-state index in [1.807, 2.05) is 30.4 Å². The number of pyridine rings is 1. The van der Waals surface area contributed by atoms with Crippen LogP contribution < -0.4 is 0 Å². The van der Waals surface area contributed by atoms with Gasteiger partial charge >= 0.3 is 5.97 Å².